The van der Waals surface area contributed by atoms with Gasteiger partial charge in [0.05, 0.1) is 0 Å². The van der Waals surface area contributed by atoms with E-state index >= 15 is 0 Å². The highest BCUT2D eigenvalue weighted by atomic mass is 14.4. The van der Waals surface area contributed by atoms with Gasteiger partial charge in [-0.1, -0.05) is 80.4 Å². The topological polar surface area (TPSA) is 0 Å². The second-order valence-corrected chi connectivity index (χ2v) is 7.01. The lowest BCUT2D eigenvalue weighted by molar-refractivity contribution is 0.153. The van der Waals surface area contributed by atoms with Gasteiger partial charge in [-0.25, -0.2) is 0 Å². The molecule has 1 aliphatic carbocycles. The molecular formula is C21H26. The predicted octanol–water partition coefficient (Wildman–Crippen LogP) is 5.67. The average molecular weight is 278 g/mol. The van der Waals surface area contributed by atoms with Crippen molar-refractivity contribution in [3.8, 4) is 0 Å². The molecule has 1 fully saturated rings. The molecule has 1 saturated carbocycles. The Labute approximate surface area is 129 Å². The van der Waals surface area contributed by atoms with Crippen molar-refractivity contribution in [2.45, 2.75) is 45.4 Å². The first-order valence-corrected chi connectivity index (χ1v) is 8.34. The molecule has 0 spiro atoms. The van der Waals surface area contributed by atoms with Gasteiger partial charge in [0.25, 0.3) is 0 Å². The van der Waals surface area contributed by atoms with Gasteiger partial charge in [-0.15, -0.1) is 0 Å². The van der Waals surface area contributed by atoms with E-state index in [0.717, 1.165) is 5.92 Å². The summed E-state index contributed by atoms with van der Waals surface area (Å²) in [5, 5.41) is 0. The van der Waals surface area contributed by atoms with Gasteiger partial charge < -0.3 is 0 Å². The zero-order chi connectivity index (χ0) is 14.5. The Morgan fingerprint density at radius 1 is 0.762 bits per heavy atom. The maximum Gasteiger partial charge on any atom is -0.0216 e. The zero-order valence-corrected chi connectivity index (χ0v) is 13.1. The molecule has 0 heteroatoms. The fourth-order valence-corrected chi connectivity index (χ4v) is 3.85. The second kappa shape index (κ2) is 6.47. The molecule has 0 aromatic heterocycles. The highest BCUT2D eigenvalue weighted by Gasteiger charge is 2.34. The summed E-state index contributed by atoms with van der Waals surface area (Å²) < 4.78 is 0. The lowest BCUT2D eigenvalue weighted by atomic mass is 9.65. The van der Waals surface area contributed by atoms with Crippen LogP contribution in [0.5, 0.6) is 0 Å². The monoisotopic (exact) mass is 278 g/mol. The predicted molar refractivity (Wildman–Crippen MR) is 90.4 cm³/mol. The summed E-state index contributed by atoms with van der Waals surface area (Å²) in [6, 6.07) is 22.1. The van der Waals surface area contributed by atoms with Crippen molar-refractivity contribution in [2.75, 3.05) is 0 Å². The normalized spacial score (nSPS) is 18.5. The molecule has 2 aromatic rings. The van der Waals surface area contributed by atoms with Crippen LogP contribution in [-0.2, 0) is 12.8 Å². The molecule has 2 aromatic carbocycles. The fourth-order valence-electron chi connectivity index (χ4n) is 3.85. The third-order valence-electron chi connectivity index (χ3n) is 5.18. The minimum atomic E-state index is 0.467. The number of benzene rings is 2. The highest BCUT2D eigenvalue weighted by molar-refractivity contribution is 5.21. The van der Waals surface area contributed by atoms with Crippen LogP contribution >= 0.6 is 0 Å². The molecule has 1 aliphatic rings. The first kappa shape index (κ1) is 14.4. The molecule has 0 saturated heterocycles. The fraction of sp³-hybridized carbons (Fsp3) is 0.429. The Hall–Kier alpha value is -1.56. The number of hydrogen-bond donors (Lipinski definition) is 0. The van der Waals surface area contributed by atoms with E-state index in [0.29, 0.717) is 5.41 Å². The summed E-state index contributed by atoms with van der Waals surface area (Å²) in [7, 11) is 0. The van der Waals surface area contributed by atoms with Crippen LogP contribution in [0.3, 0.4) is 0 Å². The second-order valence-electron chi connectivity index (χ2n) is 7.01. The minimum absolute atomic E-state index is 0.467. The van der Waals surface area contributed by atoms with Crippen LogP contribution < -0.4 is 0 Å². The first-order chi connectivity index (χ1) is 10.3. The van der Waals surface area contributed by atoms with Crippen LogP contribution in [0.15, 0.2) is 60.7 Å². The van der Waals surface area contributed by atoms with Crippen LogP contribution in [0, 0.1) is 11.3 Å². The third-order valence-corrected chi connectivity index (χ3v) is 5.18. The maximum absolute atomic E-state index is 2.41. The van der Waals surface area contributed by atoms with Gasteiger partial charge >= 0.3 is 0 Å². The lowest BCUT2D eigenvalue weighted by Crippen LogP contribution is -2.31. The summed E-state index contributed by atoms with van der Waals surface area (Å²) in [6.07, 6.45) is 7.99. The SMILES string of the molecule is CC1CCC(Cc2ccccc2)(Cc2ccccc2)CC1. The van der Waals surface area contributed by atoms with E-state index in [-0.39, 0.29) is 0 Å². The minimum Gasteiger partial charge on any atom is -0.0625 e. The molecule has 0 N–H and O–H groups in total. The molecule has 0 amide bonds. The molecule has 0 unspecified atom stereocenters. The summed E-state index contributed by atoms with van der Waals surface area (Å²) in [6.45, 7) is 2.41. The van der Waals surface area contributed by atoms with Gasteiger partial charge in [0.15, 0.2) is 0 Å². The van der Waals surface area contributed by atoms with E-state index < -0.39 is 0 Å². The smallest absolute Gasteiger partial charge is 0.0216 e. The Balaban J connectivity index is 1.81. The largest absolute Gasteiger partial charge is 0.0625 e. The highest BCUT2D eigenvalue weighted by Crippen LogP contribution is 2.43. The van der Waals surface area contributed by atoms with Gasteiger partial charge in [-0.05, 0) is 48.1 Å². The van der Waals surface area contributed by atoms with Crippen LogP contribution in [0.2, 0.25) is 0 Å². The van der Waals surface area contributed by atoms with Gasteiger partial charge in [0.2, 0.25) is 0 Å². The van der Waals surface area contributed by atoms with E-state index in [1.165, 1.54) is 49.7 Å². The van der Waals surface area contributed by atoms with E-state index in [9.17, 15) is 0 Å². The third kappa shape index (κ3) is 3.75. The van der Waals surface area contributed by atoms with Crippen molar-refractivity contribution >= 4 is 0 Å². The zero-order valence-electron chi connectivity index (χ0n) is 13.1. The average Bonchev–Trinajstić information content (AvgIpc) is 2.52. The molecule has 0 heterocycles. The molecule has 110 valence electrons. The number of rotatable bonds is 4. The van der Waals surface area contributed by atoms with E-state index in [2.05, 4.69) is 67.6 Å². The molecule has 21 heavy (non-hydrogen) atoms. The lowest BCUT2D eigenvalue weighted by Gasteiger charge is -2.40. The first-order valence-electron chi connectivity index (χ1n) is 8.34. The Kier molecular flexibility index (Phi) is 4.43. The summed E-state index contributed by atoms with van der Waals surface area (Å²) >= 11 is 0. The number of hydrogen-bond acceptors (Lipinski definition) is 0. The summed E-state index contributed by atoms with van der Waals surface area (Å²) in [5.41, 5.74) is 3.47. The van der Waals surface area contributed by atoms with Crippen molar-refractivity contribution in [2.24, 2.45) is 11.3 Å². The van der Waals surface area contributed by atoms with E-state index in [1.807, 2.05) is 0 Å². The van der Waals surface area contributed by atoms with Crippen LogP contribution in [0.1, 0.15) is 43.7 Å². The molecule has 0 atom stereocenters. The quantitative estimate of drug-likeness (QED) is 0.676. The Bertz CT molecular complexity index is 489. The van der Waals surface area contributed by atoms with Crippen molar-refractivity contribution in [3.05, 3.63) is 71.8 Å². The van der Waals surface area contributed by atoms with Crippen LogP contribution in [-0.4, -0.2) is 0 Å². The van der Waals surface area contributed by atoms with E-state index in [4.69, 9.17) is 0 Å². The van der Waals surface area contributed by atoms with Gasteiger partial charge in [0.1, 0.15) is 0 Å². The van der Waals surface area contributed by atoms with Gasteiger partial charge in [-0.2, -0.15) is 0 Å². The van der Waals surface area contributed by atoms with Crippen LogP contribution in [0.4, 0.5) is 0 Å². The van der Waals surface area contributed by atoms with Crippen LogP contribution in [0.25, 0.3) is 0 Å². The molecule has 0 aliphatic heterocycles. The van der Waals surface area contributed by atoms with Gasteiger partial charge in [-0.3, -0.25) is 0 Å². The Morgan fingerprint density at radius 3 is 1.62 bits per heavy atom. The molecule has 0 nitrogen and oxygen atoms in total. The molecule has 0 radical (unpaired) electrons. The van der Waals surface area contributed by atoms with Gasteiger partial charge in [0, 0.05) is 0 Å². The summed E-state index contributed by atoms with van der Waals surface area (Å²) in [5.74, 6) is 0.907. The van der Waals surface area contributed by atoms with Crippen molar-refractivity contribution in [3.63, 3.8) is 0 Å². The molecular weight excluding hydrogens is 252 g/mol. The molecule has 3 rings (SSSR count). The maximum atomic E-state index is 2.41. The molecule has 0 bridgehead atoms. The van der Waals surface area contributed by atoms with E-state index in [1.54, 1.807) is 0 Å². The standard InChI is InChI=1S/C21H26/c1-18-12-14-21(15-13-18,16-19-8-4-2-5-9-19)17-20-10-6-3-7-11-20/h2-11,18H,12-17H2,1H3. The van der Waals surface area contributed by atoms with Crippen molar-refractivity contribution < 1.29 is 0 Å². The van der Waals surface area contributed by atoms with Crippen molar-refractivity contribution in [1.82, 2.24) is 0 Å². The van der Waals surface area contributed by atoms with Crippen molar-refractivity contribution in [1.29, 1.82) is 0 Å². The summed E-state index contributed by atoms with van der Waals surface area (Å²) in [4.78, 5) is 0. The Morgan fingerprint density at radius 2 is 1.19 bits per heavy atom.